The lowest BCUT2D eigenvalue weighted by atomic mass is 10.1. The summed E-state index contributed by atoms with van der Waals surface area (Å²) in [6.07, 6.45) is 2.79. The van der Waals surface area contributed by atoms with Crippen molar-refractivity contribution in [3.05, 3.63) is 66.1 Å². The van der Waals surface area contributed by atoms with Crippen molar-refractivity contribution in [2.24, 2.45) is 5.73 Å². The molecule has 2 aromatic heterocycles. The van der Waals surface area contributed by atoms with Crippen molar-refractivity contribution in [2.45, 2.75) is 12.5 Å². The monoisotopic (exact) mass is 276 g/mol. The molecule has 2 heterocycles. The van der Waals surface area contributed by atoms with Gasteiger partial charge in [0.15, 0.2) is 0 Å². The van der Waals surface area contributed by atoms with Crippen LogP contribution in [0.2, 0.25) is 0 Å². The molecule has 4 nitrogen and oxygen atoms in total. The highest BCUT2D eigenvalue weighted by Crippen LogP contribution is 2.23. The third-order valence-corrected chi connectivity index (χ3v) is 3.87. The van der Waals surface area contributed by atoms with Crippen LogP contribution in [-0.4, -0.2) is 15.0 Å². The molecule has 0 aliphatic heterocycles. The Morgan fingerprint density at radius 1 is 1.00 bits per heavy atom. The summed E-state index contributed by atoms with van der Waals surface area (Å²) in [5.74, 6) is 0.835. The number of benzene rings is 2. The number of H-pyrrole nitrogens is 2. The molecule has 4 heteroatoms. The van der Waals surface area contributed by atoms with Crippen molar-refractivity contribution in [3.8, 4) is 0 Å². The molecule has 0 saturated heterocycles. The third kappa shape index (κ3) is 2.10. The van der Waals surface area contributed by atoms with Gasteiger partial charge in [-0.2, -0.15) is 0 Å². The number of fused-ring (bicyclic) bond motifs is 2. The summed E-state index contributed by atoms with van der Waals surface area (Å²) < 4.78 is 0. The van der Waals surface area contributed by atoms with E-state index in [-0.39, 0.29) is 6.04 Å². The molecule has 21 heavy (non-hydrogen) atoms. The minimum atomic E-state index is -0.142. The normalized spacial score (nSPS) is 13.0. The maximum atomic E-state index is 6.33. The largest absolute Gasteiger partial charge is 0.361 e. The Labute approximate surface area is 122 Å². The smallest absolute Gasteiger partial charge is 0.124 e. The lowest BCUT2D eigenvalue weighted by Gasteiger charge is -2.07. The summed E-state index contributed by atoms with van der Waals surface area (Å²) in [5.41, 5.74) is 10.7. The van der Waals surface area contributed by atoms with Crippen LogP contribution < -0.4 is 5.73 Å². The highest BCUT2D eigenvalue weighted by atomic mass is 15.0. The highest BCUT2D eigenvalue weighted by Gasteiger charge is 2.14. The van der Waals surface area contributed by atoms with Gasteiger partial charge in [0, 0.05) is 17.1 Å². The first-order valence-corrected chi connectivity index (χ1v) is 7.06. The Bertz CT molecular complexity index is 870. The maximum absolute atomic E-state index is 6.33. The average molecular weight is 276 g/mol. The van der Waals surface area contributed by atoms with Crippen LogP contribution in [0.1, 0.15) is 17.4 Å². The Hall–Kier alpha value is -2.59. The first-order chi connectivity index (χ1) is 10.3. The van der Waals surface area contributed by atoms with E-state index < -0.39 is 0 Å². The molecule has 1 atom stereocenters. The molecular formula is C17H16N4. The number of aromatic amines is 2. The maximum Gasteiger partial charge on any atom is 0.124 e. The lowest BCUT2D eigenvalue weighted by Crippen LogP contribution is -2.14. The average Bonchev–Trinajstić information content (AvgIpc) is 3.11. The number of nitrogens with two attached hydrogens (primary N) is 1. The Morgan fingerprint density at radius 2 is 1.76 bits per heavy atom. The van der Waals surface area contributed by atoms with E-state index in [1.807, 2.05) is 42.6 Å². The van der Waals surface area contributed by atoms with E-state index in [0.29, 0.717) is 0 Å². The van der Waals surface area contributed by atoms with Gasteiger partial charge < -0.3 is 15.7 Å². The molecular weight excluding hydrogens is 260 g/mol. The number of hydrogen-bond donors (Lipinski definition) is 3. The fraction of sp³-hybridized carbons (Fsp3) is 0.118. The fourth-order valence-corrected chi connectivity index (χ4v) is 2.78. The minimum absolute atomic E-state index is 0.142. The summed E-state index contributed by atoms with van der Waals surface area (Å²) >= 11 is 0. The van der Waals surface area contributed by atoms with Crippen LogP contribution in [0.15, 0.2) is 54.7 Å². The number of nitrogens with one attached hydrogen (secondary N) is 2. The fourth-order valence-electron chi connectivity index (χ4n) is 2.78. The van der Waals surface area contributed by atoms with Gasteiger partial charge >= 0.3 is 0 Å². The van der Waals surface area contributed by atoms with Crippen LogP contribution in [0.4, 0.5) is 0 Å². The summed E-state index contributed by atoms with van der Waals surface area (Å²) in [6.45, 7) is 0. The Morgan fingerprint density at radius 3 is 2.62 bits per heavy atom. The number of hydrogen-bond acceptors (Lipinski definition) is 2. The van der Waals surface area contributed by atoms with Crippen molar-refractivity contribution >= 4 is 21.9 Å². The molecule has 2 aromatic carbocycles. The number of rotatable bonds is 3. The molecule has 1 unspecified atom stereocenters. The molecule has 0 radical (unpaired) electrons. The van der Waals surface area contributed by atoms with Gasteiger partial charge in [-0.3, -0.25) is 0 Å². The van der Waals surface area contributed by atoms with Crippen molar-refractivity contribution in [1.82, 2.24) is 15.0 Å². The number of nitrogens with zero attached hydrogens (tertiary/aromatic N) is 1. The van der Waals surface area contributed by atoms with Crippen LogP contribution >= 0.6 is 0 Å². The van der Waals surface area contributed by atoms with E-state index in [0.717, 1.165) is 28.8 Å². The second-order valence-electron chi connectivity index (χ2n) is 5.31. The van der Waals surface area contributed by atoms with Gasteiger partial charge in [0.2, 0.25) is 0 Å². The van der Waals surface area contributed by atoms with Gasteiger partial charge in [0.1, 0.15) is 5.82 Å². The zero-order valence-electron chi connectivity index (χ0n) is 11.5. The van der Waals surface area contributed by atoms with E-state index >= 15 is 0 Å². The van der Waals surface area contributed by atoms with Gasteiger partial charge in [0.25, 0.3) is 0 Å². The predicted molar refractivity (Wildman–Crippen MR) is 85.0 cm³/mol. The standard InChI is InChI=1S/C17H16N4/c18-13(17-20-15-7-3-4-8-16(15)21-17)9-11-10-19-14-6-2-1-5-12(11)14/h1-8,10,13,19H,9,18H2,(H,20,21). The van der Waals surface area contributed by atoms with Crippen LogP contribution in [0.3, 0.4) is 0 Å². The van der Waals surface area contributed by atoms with Crippen molar-refractivity contribution in [3.63, 3.8) is 0 Å². The molecule has 0 amide bonds. The molecule has 104 valence electrons. The van der Waals surface area contributed by atoms with Crippen molar-refractivity contribution < 1.29 is 0 Å². The van der Waals surface area contributed by atoms with E-state index in [2.05, 4.69) is 27.1 Å². The molecule has 0 fully saturated rings. The van der Waals surface area contributed by atoms with E-state index in [1.165, 1.54) is 10.9 Å². The molecule has 0 aliphatic carbocycles. The molecule has 4 N–H and O–H groups in total. The summed E-state index contributed by atoms with van der Waals surface area (Å²) in [6, 6.07) is 16.1. The molecule has 0 saturated carbocycles. The Kier molecular flexibility index (Phi) is 2.75. The van der Waals surface area contributed by atoms with Crippen molar-refractivity contribution in [1.29, 1.82) is 0 Å². The molecule has 4 rings (SSSR count). The second-order valence-corrected chi connectivity index (χ2v) is 5.31. The van der Waals surface area contributed by atoms with E-state index in [1.54, 1.807) is 0 Å². The lowest BCUT2D eigenvalue weighted by molar-refractivity contribution is 0.683. The van der Waals surface area contributed by atoms with Crippen LogP contribution in [0, 0.1) is 0 Å². The zero-order chi connectivity index (χ0) is 14.2. The van der Waals surface area contributed by atoms with Crippen LogP contribution in [0.25, 0.3) is 21.9 Å². The second kappa shape index (κ2) is 4.75. The van der Waals surface area contributed by atoms with Gasteiger partial charge in [-0.15, -0.1) is 0 Å². The van der Waals surface area contributed by atoms with Crippen LogP contribution in [-0.2, 0) is 6.42 Å². The van der Waals surface area contributed by atoms with Gasteiger partial charge in [0.05, 0.1) is 17.1 Å². The van der Waals surface area contributed by atoms with Crippen LogP contribution in [0.5, 0.6) is 0 Å². The first-order valence-electron chi connectivity index (χ1n) is 7.06. The predicted octanol–water partition coefficient (Wildman–Crippen LogP) is 3.29. The quantitative estimate of drug-likeness (QED) is 0.537. The van der Waals surface area contributed by atoms with Gasteiger partial charge in [-0.1, -0.05) is 30.3 Å². The molecule has 0 aliphatic rings. The number of para-hydroxylation sites is 3. The molecule has 0 spiro atoms. The van der Waals surface area contributed by atoms with E-state index in [9.17, 15) is 0 Å². The van der Waals surface area contributed by atoms with Gasteiger partial charge in [-0.25, -0.2) is 4.98 Å². The summed E-state index contributed by atoms with van der Waals surface area (Å²) in [4.78, 5) is 11.2. The Balaban J connectivity index is 1.67. The number of aromatic nitrogens is 3. The molecule has 4 aromatic rings. The first kappa shape index (κ1) is 12.2. The number of imidazole rings is 1. The zero-order valence-corrected chi connectivity index (χ0v) is 11.5. The summed E-state index contributed by atoms with van der Waals surface area (Å²) in [7, 11) is 0. The summed E-state index contributed by atoms with van der Waals surface area (Å²) in [5, 5.41) is 1.23. The highest BCUT2D eigenvalue weighted by molar-refractivity contribution is 5.83. The minimum Gasteiger partial charge on any atom is -0.361 e. The van der Waals surface area contributed by atoms with Gasteiger partial charge in [-0.05, 0) is 30.2 Å². The SMILES string of the molecule is NC(Cc1c[nH]c2ccccc12)c1nc2ccccc2[nH]1. The van der Waals surface area contributed by atoms with Crippen molar-refractivity contribution in [2.75, 3.05) is 0 Å². The molecule has 0 bridgehead atoms. The topological polar surface area (TPSA) is 70.5 Å². The van der Waals surface area contributed by atoms with E-state index in [4.69, 9.17) is 5.73 Å². The third-order valence-electron chi connectivity index (χ3n) is 3.87.